The van der Waals surface area contributed by atoms with E-state index < -0.39 is 8.07 Å². The first-order valence-electron chi connectivity index (χ1n) is 15.3. The second-order valence-electron chi connectivity index (χ2n) is 12.6. The summed E-state index contributed by atoms with van der Waals surface area (Å²) in [4.78, 5) is 0. The second kappa shape index (κ2) is 13.1. The van der Waals surface area contributed by atoms with E-state index in [1.807, 2.05) is 0 Å². The maximum atomic E-state index is 2.55. The molecule has 0 unspecified atom stereocenters. The zero-order valence-electron chi connectivity index (χ0n) is 26.5. The van der Waals surface area contributed by atoms with E-state index in [4.69, 9.17) is 0 Å². The number of benzene rings is 6. The van der Waals surface area contributed by atoms with Crippen molar-refractivity contribution in [1.82, 2.24) is 0 Å². The molecule has 0 aliphatic rings. The fourth-order valence-corrected chi connectivity index (χ4v) is 10.9. The quantitative estimate of drug-likeness (QED) is 0.185. The average molecular weight is 729 g/mol. The van der Waals surface area contributed by atoms with Crippen molar-refractivity contribution in [3.8, 4) is 22.3 Å². The van der Waals surface area contributed by atoms with Crippen LogP contribution in [0.25, 0.3) is 65.3 Å². The summed E-state index contributed by atoms with van der Waals surface area (Å²) in [6.45, 7) is 9.76. The Hall–Kier alpha value is -3.26. The molecule has 0 aliphatic heterocycles. The first-order chi connectivity index (χ1) is 20.9. The third-order valence-corrected chi connectivity index (χ3v) is 13.4. The van der Waals surface area contributed by atoms with Gasteiger partial charge in [-0.05, 0) is 21.5 Å². The molecule has 0 spiro atoms. The normalized spacial score (nSPS) is 11.4. The van der Waals surface area contributed by atoms with E-state index in [2.05, 4.69) is 160 Å². The van der Waals surface area contributed by atoms with Crippen LogP contribution in [0.15, 0.2) is 133 Å². The Balaban J connectivity index is 0.00000139. The minimum absolute atomic E-state index is 0. The predicted octanol–water partition coefficient (Wildman–Crippen LogP) is 4.52. The first-order valence-corrected chi connectivity index (χ1v) is 18.3. The Morgan fingerprint density at radius 2 is 0.826 bits per heavy atom. The number of halogens is 2. The molecule has 8 aromatic rings. The molecule has 0 bridgehead atoms. The van der Waals surface area contributed by atoms with Crippen LogP contribution in [-0.2, 0) is 26.2 Å². The molecule has 0 aromatic heterocycles. The van der Waals surface area contributed by atoms with E-state index in [1.54, 1.807) is 0 Å². The molecule has 0 radical (unpaired) electrons. The van der Waals surface area contributed by atoms with Crippen LogP contribution in [0.4, 0.5) is 0 Å². The molecule has 0 aliphatic carbocycles. The number of fused-ring (bicyclic) bond motifs is 4. The van der Waals surface area contributed by atoms with Gasteiger partial charge in [-0.1, -0.05) is 158 Å². The average Bonchev–Trinajstić information content (AvgIpc) is 3.56. The predicted molar refractivity (Wildman–Crippen MR) is 191 cm³/mol. The van der Waals surface area contributed by atoms with Crippen LogP contribution in [0.1, 0.15) is 11.1 Å². The van der Waals surface area contributed by atoms with Gasteiger partial charge < -0.3 is 24.8 Å². The van der Waals surface area contributed by atoms with Gasteiger partial charge in [-0.15, -0.1) is 68.1 Å². The molecule has 4 heteroatoms. The Morgan fingerprint density at radius 3 is 1.26 bits per heavy atom. The van der Waals surface area contributed by atoms with E-state index in [0.717, 1.165) is 0 Å². The summed E-state index contributed by atoms with van der Waals surface area (Å²) in [5, 5.41) is 13.8. The van der Waals surface area contributed by atoms with E-state index in [-0.39, 0.29) is 51.0 Å². The van der Waals surface area contributed by atoms with Crippen molar-refractivity contribution in [2.45, 2.75) is 26.9 Å². The molecule has 0 nitrogen and oxygen atoms in total. The second-order valence-corrected chi connectivity index (χ2v) is 16.9. The molecule has 0 atom stereocenters. The smallest absolute Gasteiger partial charge is 1.00 e. The molecular formula is C42H34Cl2SiZr. The number of hydrogen-bond donors (Lipinski definition) is 0. The molecule has 0 saturated carbocycles. The van der Waals surface area contributed by atoms with Crippen molar-refractivity contribution in [1.29, 1.82) is 0 Å². The van der Waals surface area contributed by atoms with E-state index >= 15 is 0 Å². The molecule has 0 amide bonds. The van der Waals surface area contributed by atoms with Crippen molar-refractivity contribution in [2.75, 3.05) is 0 Å². The zero-order chi connectivity index (χ0) is 29.3. The summed E-state index contributed by atoms with van der Waals surface area (Å²) in [5.41, 5.74) is 8.14. The van der Waals surface area contributed by atoms with Crippen LogP contribution in [0, 0.1) is 13.8 Å². The van der Waals surface area contributed by atoms with Crippen LogP contribution in [-0.4, -0.2) is 8.07 Å². The Kier molecular flexibility index (Phi) is 9.70. The maximum absolute atomic E-state index is 2.55. The summed E-state index contributed by atoms with van der Waals surface area (Å²) < 4.78 is 0. The fraction of sp³-hybridized carbons (Fsp3) is 0.0952. The van der Waals surface area contributed by atoms with Crippen molar-refractivity contribution >= 4 is 61.5 Å². The summed E-state index contributed by atoms with van der Waals surface area (Å²) in [6, 6.07) is 49.7. The van der Waals surface area contributed by atoms with Gasteiger partial charge in [0.15, 0.2) is 0 Å². The topological polar surface area (TPSA) is 0 Å². The van der Waals surface area contributed by atoms with E-state index in [9.17, 15) is 0 Å². The minimum Gasteiger partial charge on any atom is -1.00 e. The molecule has 46 heavy (non-hydrogen) atoms. The third-order valence-electron chi connectivity index (χ3n) is 9.86. The molecular weight excluding hydrogens is 695 g/mol. The Morgan fingerprint density at radius 1 is 0.457 bits per heavy atom. The molecule has 0 saturated heterocycles. The summed E-state index contributed by atoms with van der Waals surface area (Å²) in [7, 11) is -2.13. The standard InChI is InChI=1S/C42H34Si.2ClH.Zr/c1-27-37(35-21-9-15-29-13-5-7-19-33(29)35)25-31-17-11-23-39(41(27)31)43(3,4)40-24-12-18-32-26-38(28(2)42(32)40)36-22-10-16-30-14-6-8-20-34(30)36;;;/h5-26H,1-4H3;2*1H;/q-2;;;+4/p-2. The van der Waals surface area contributed by atoms with Crippen molar-refractivity contribution < 1.29 is 51.0 Å². The molecule has 224 valence electrons. The molecule has 8 aromatic carbocycles. The van der Waals surface area contributed by atoms with Crippen LogP contribution in [0.2, 0.25) is 13.1 Å². The Bertz CT molecular complexity index is 2180. The summed E-state index contributed by atoms with van der Waals surface area (Å²) in [5.74, 6) is 0. The van der Waals surface area contributed by atoms with Gasteiger partial charge in [-0.25, -0.2) is 0 Å². The van der Waals surface area contributed by atoms with Crippen LogP contribution < -0.4 is 35.2 Å². The van der Waals surface area contributed by atoms with Gasteiger partial charge in [-0.2, -0.15) is 0 Å². The number of hydrogen-bond acceptors (Lipinski definition) is 0. The van der Waals surface area contributed by atoms with Gasteiger partial charge in [0.05, 0.1) is 8.07 Å². The zero-order valence-corrected chi connectivity index (χ0v) is 31.4. The van der Waals surface area contributed by atoms with E-state index in [0.29, 0.717) is 0 Å². The molecule has 0 fully saturated rings. The minimum atomic E-state index is -2.13. The maximum Gasteiger partial charge on any atom is 4.00 e. The molecule has 8 rings (SSSR count). The molecule has 0 heterocycles. The SMILES string of the molecule is Cc1c(-c2cccc3ccccc23)[cH-]c2cccc([Si](C)(C)c3cccc4[cH-]c(-c5cccc6ccccc56)c(C)c34)c12.[Cl-].[Cl-].[Zr+4]. The monoisotopic (exact) mass is 726 g/mol. The van der Waals surface area contributed by atoms with Crippen LogP contribution in [0.5, 0.6) is 0 Å². The summed E-state index contributed by atoms with van der Waals surface area (Å²) >= 11 is 0. The van der Waals surface area contributed by atoms with Crippen LogP contribution >= 0.6 is 0 Å². The molecule has 0 N–H and O–H groups in total. The number of aryl methyl sites for hydroxylation is 2. The van der Waals surface area contributed by atoms with Crippen molar-refractivity contribution in [3.63, 3.8) is 0 Å². The van der Waals surface area contributed by atoms with Crippen molar-refractivity contribution in [2.24, 2.45) is 0 Å². The Labute approximate surface area is 304 Å². The fourth-order valence-electron chi connectivity index (χ4n) is 7.68. The number of rotatable bonds is 4. The van der Waals surface area contributed by atoms with Gasteiger partial charge in [0, 0.05) is 0 Å². The van der Waals surface area contributed by atoms with Gasteiger partial charge in [0.2, 0.25) is 0 Å². The summed E-state index contributed by atoms with van der Waals surface area (Å²) in [6.07, 6.45) is 0. The van der Waals surface area contributed by atoms with Gasteiger partial charge >= 0.3 is 26.2 Å². The van der Waals surface area contributed by atoms with Gasteiger partial charge in [0.1, 0.15) is 0 Å². The van der Waals surface area contributed by atoms with Gasteiger partial charge in [-0.3, -0.25) is 0 Å². The third kappa shape index (κ3) is 5.25. The first kappa shape index (κ1) is 34.1. The van der Waals surface area contributed by atoms with Crippen LogP contribution in [0.3, 0.4) is 0 Å². The largest absolute Gasteiger partial charge is 4.00 e. The van der Waals surface area contributed by atoms with Crippen molar-refractivity contribution in [3.05, 3.63) is 145 Å². The van der Waals surface area contributed by atoms with Gasteiger partial charge in [0.25, 0.3) is 0 Å². The van der Waals surface area contributed by atoms with E-state index in [1.165, 1.54) is 86.8 Å².